The SMILES string of the molecule is c1ccc(-c2cccc(-c3cccc4c3c3cc(-c5ccc(-c6ccc7c(c6)c6ccccc6n7-c6cc(-c7ccccc7)ccc6-c6ccccc6)cc5)ccc3n4-c3cccc(-c4ccccc4)c3)c2)cc1. The predicted molar refractivity (Wildman–Crippen MR) is 313 cm³/mol. The standard InChI is InChI=1S/C72H48N2/c1-5-18-49(19-6-1)55-26-15-28-60(44-55)63-31-17-33-70-72(63)66-47-58(40-43-69(66)73(70)61-29-16-27-56(45-61)50-20-7-2-8-21-50)53-36-34-52(35-37-53)57-39-42-68-65(46-57)64-30-13-14-32-67(64)74(68)71-48-59(51-22-9-3-10-23-51)38-41-62(71)54-24-11-4-12-25-54/h1-48H. The highest BCUT2D eigenvalue weighted by molar-refractivity contribution is 6.17. The Balaban J connectivity index is 0.883. The summed E-state index contributed by atoms with van der Waals surface area (Å²) in [5, 5.41) is 4.92. The molecule has 2 nitrogen and oxygen atoms in total. The maximum Gasteiger partial charge on any atom is 0.0547 e. The van der Waals surface area contributed by atoms with Crippen LogP contribution >= 0.6 is 0 Å². The topological polar surface area (TPSA) is 9.86 Å². The van der Waals surface area contributed by atoms with Gasteiger partial charge in [-0.05, 0) is 133 Å². The number of hydrogen-bond acceptors (Lipinski definition) is 0. The third-order valence-electron chi connectivity index (χ3n) is 14.9. The van der Waals surface area contributed by atoms with Gasteiger partial charge < -0.3 is 9.13 Å². The molecule has 2 heterocycles. The molecule has 346 valence electrons. The van der Waals surface area contributed by atoms with Crippen LogP contribution in [-0.4, -0.2) is 9.13 Å². The molecule has 0 radical (unpaired) electrons. The van der Waals surface area contributed by atoms with Gasteiger partial charge in [-0.15, -0.1) is 0 Å². The van der Waals surface area contributed by atoms with Crippen LogP contribution in [0.2, 0.25) is 0 Å². The van der Waals surface area contributed by atoms with Gasteiger partial charge in [0.1, 0.15) is 0 Å². The third-order valence-corrected chi connectivity index (χ3v) is 14.9. The zero-order chi connectivity index (χ0) is 49.0. The summed E-state index contributed by atoms with van der Waals surface area (Å²) in [6.45, 7) is 0. The van der Waals surface area contributed by atoms with Crippen LogP contribution < -0.4 is 0 Å². The Labute approximate surface area is 431 Å². The minimum Gasteiger partial charge on any atom is -0.309 e. The Morgan fingerprint density at radius 2 is 0.608 bits per heavy atom. The van der Waals surface area contributed by atoms with Crippen molar-refractivity contribution in [3.8, 4) is 89.3 Å². The van der Waals surface area contributed by atoms with E-state index in [2.05, 4.69) is 300 Å². The smallest absolute Gasteiger partial charge is 0.0547 e. The monoisotopic (exact) mass is 940 g/mol. The Bertz CT molecular complexity index is 4370. The normalized spacial score (nSPS) is 11.5. The third kappa shape index (κ3) is 7.52. The van der Waals surface area contributed by atoms with Crippen molar-refractivity contribution in [1.82, 2.24) is 9.13 Å². The average Bonchev–Trinajstić information content (AvgIpc) is 4.00. The van der Waals surface area contributed by atoms with Crippen molar-refractivity contribution in [3.05, 3.63) is 291 Å². The van der Waals surface area contributed by atoms with Gasteiger partial charge in [-0.25, -0.2) is 0 Å². The number of aromatic nitrogens is 2. The predicted octanol–water partition coefficient (Wildman–Crippen LogP) is 19.5. The second kappa shape index (κ2) is 18.1. The van der Waals surface area contributed by atoms with Gasteiger partial charge >= 0.3 is 0 Å². The molecule has 0 amide bonds. The van der Waals surface area contributed by atoms with E-state index < -0.39 is 0 Å². The Kier molecular flexibility index (Phi) is 10.6. The Hall–Kier alpha value is -9.76. The molecule has 14 aromatic rings. The van der Waals surface area contributed by atoms with Crippen molar-refractivity contribution in [2.24, 2.45) is 0 Å². The van der Waals surface area contributed by atoms with E-state index >= 15 is 0 Å². The number of benzene rings is 12. The first-order valence-corrected chi connectivity index (χ1v) is 25.5. The summed E-state index contributed by atoms with van der Waals surface area (Å²) in [5.74, 6) is 0. The van der Waals surface area contributed by atoms with Gasteiger partial charge in [0.05, 0.1) is 27.8 Å². The molecular formula is C72H48N2. The number of rotatable bonds is 9. The molecular weight excluding hydrogens is 893 g/mol. The molecule has 2 aromatic heterocycles. The molecule has 0 aliphatic carbocycles. The highest BCUT2D eigenvalue weighted by Crippen LogP contribution is 2.43. The van der Waals surface area contributed by atoms with Crippen LogP contribution in [0.15, 0.2) is 291 Å². The van der Waals surface area contributed by atoms with Crippen LogP contribution in [0.5, 0.6) is 0 Å². The molecule has 0 saturated carbocycles. The van der Waals surface area contributed by atoms with Crippen molar-refractivity contribution in [2.45, 2.75) is 0 Å². The van der Waals surface area contributed by atoms with Gasteiger partial charge in [-0.2, -0.15) is 0 Å². The summed E-state index contributed by atoms with van der Waals surface area (Å²) in [6, 6.07) is 106. The molecule has 0 spiro atoms. The quantitative estimate of drug-likeness (QED) is 0.136. The van der Waals surface area contributed by atoms with E-state index in [0.717, 1.165) is 11.4 Å². The van der Waals surface area contributed by atoms with Gasteiger partial charge in [0, 0.05) is 32.8 Å². The average molecular weight is 941 g/mol. The molecule has 74 heavy (non-hydrogen) atoms. The molecule has 0 bridgehead atoms. The highest BCUT2D eigenvalue weighted by Gasteiger charge is 2.20. The fraction of sp³-hybridized carbons (Fsp3) is 0. The molecule has 2 heteroatoms. The largest absolute Gasteiger partial charge is 0.309 e. The van der Waals surface area contributed by atoms with Gasteiger partial charge in [0.15, 0.2) is 0 Å². The van der Waals surface area contributed by atoms with Crippen molar-refractivity contribution in [1.29, 1.82) is 0 Å². The molecule has 14 rings (SSSR count). The number of fused-ring (bicyclic) bond motifs is 6. The molecule has 0 fully saturated rings. The molecule has 0 saturated heterocycles. The van der Waals surface area contributed by atoms with Crippen molar-refractivity contribution in [3.63, 3.8) is 0 Å². The van der Waals surface area contributed by atoms with Crippen LogP contribution in [0.25, 0.3) is 133 Å². The van der Waals surface area contributed by atoms with Gasteiger partial charge in [0.25, 0.3) is 0 Å². The summed E-state index contributed by atoms with van der Waals surface area (Å²) < 4.78 is 4.91. The fourth-order valence-corrected chi connectivity index (χ4v) is 11.4. The maximum absolute atomic E-state index is 2.46. The number of hydrogen-bond donors (Lipinski definition) is 0. The first-order chi connectivity index (χ1) is 36.7. The van der Waals surface area contributed by atoms with Crippen LogP contribution in [0, 0.1) is 0 Å². The minimum absolute atomic E-state index is 1.14. The first kappa shape index (κ1) is 43.1. The fourth-order valence-electron chi connectivity index (χ4n) is 11.4. The number of nitrogens with zero attached hydrogens (tertiary/aromatic N) is 2. The lowest BCUT2D eigenvalue weighted by Crippen LogP contribution is -1.98. The zero-order valence-corrected chi connectivity index (χ0v) is 40.6. The van der Waals surface area contributed by atoms with Gasteiger partial charge in [0.2, 0.25) is 0 Å². The highest BCUT2D eigenvalue weighted by atomic mass is 15.0. The van der Waals surface area contributed by atoms with E-state index in [0.29, 0.717) is 0 Å². The molecule has 0 N–H and O–H groups in total. The van der Waals surface area contributed by atoms with E-state index in [1.54, 1.807) is 0 Å². The van der Waals surface area contributed by atoms with Crippen LogP contribution in [0.1, 0.15) is 0 Å². The lowest BCUT2D eigenvalue weighted by Gasteiger charge is -2.16. The second-order valence-electron chi connectivity index (χ2n) is 19.3. The number of para-hydroxylation sites is 1. The first-order valence-electron chi connectivity index (χ1n) is 25.5. The zero-order valence-electron chi connectivity index (χ0n) is 40.6. The van der Waals surface area contributed by atoms with Crippen molar-refractivity contribution >= 4 is 43.6 Å². The molecule has 0 unspecified atom stereocenters. The van der Waals surface area contributed by atoms with Crippen LogP contribution in [-0.2, 0) is 0 Å². The summed E-state index contributed by atoms with van der Waals surface area (Å²) in [7, 11) is 0. The lowest BCUT2D eigenvalue weighted by molar-refractivity contribution is 1.18. The summed E-state index contributed by atoms with van der Waals surface area (Å²) in [5.41, 5.74) is 23.7. The van der Waals surface area contributed by atoms with E-state index in [1.165, 1.54) is 122 Å². The van der Waals surface area contributed by atoms with E-state index in [4.69, 9.17) is 0 Å². The Morgan fingerprint density at radius 3 is 1.26 bits per heavy atom. The molecule has 12 aromatic carbocycles. The van der Waals surface area contributed by atoms with Gasteiger partial charge in [-0.3, -0.25) is 0 Å². The Morgan fingerprint density at radius 1 is 0.189 bits per heavy atom. The molecule has 0 atom stereocenters. The van der Waals surface area contributed by atoms with Gasteiger partial charge in [-0.1, -0.05) is 231 Å². The summed E-state index contributed by atoms with van der Waals surface area (Å²) >= 11 is 0. The van der Waals surface area contributed by atoms with Crippen molar-refractivity contribution < 1.29 is 0 Å². The molecule has 0 aliphatic heterocycles. The van der Waals surface area contributed by atoms with E-state index in [9.17, 15) is 0 Å². The van der Waals surface area contributed by atoms with Crippen LogP contribution in [0.3, 0.4) is 0 Å². The summed E-state index contributed by atoms with van der Waals surface area (Å²) in [4.78, 5) is 0. The summed E-state index contributed by atoms with van der Waals surface area (Å²) in [6.07, 6.45) is 0. The van der Waals surface area contributed by atoms with E-state index in [-0.39, 0.29) is 0 Å². The lowest BCUT2D eigenvalue weighted by atomic mass is 9.94. The second-order valence-corrected chi connectivity index (χ2v) is 19.3. The van der Waals surface area contributed by atoms with E-state index in [1.807, 2.05) is 0 Å². The van der Waals surface area contributed by atoms with Crippen molar-refractivity contribution in [2.75, 3.05) is 0 Å². The minimum atomic E-state index is 1.14. The maximum atomic E-state index is 2.46. The van der Waals surface area contributed by atoms with Crippen LogP contribution in [0.4, 0.5) is 0 Å². The molecule has 0 aliphatic rings.